The van der Waals surface area contributed by atoms with Crippen molar-refractivity contribution >= 4 is 17.9 Å². The molecular formula is C8H10O3. The number of carbonyl (C=O) groups excluding carboxylic acids is 3. The molecule has 0 saturated heterocycles. The summed E-state index contributed by atoms with van der Waals surface area (Å²) < 4.78 is 0. The van der Waals surface area contributed by atoms with Gasteiger partial charge in [-0.15, -0.1) is 0 Å². The number of aldehydes is 1. The van der Waals surface area contributed by atoms with E-state index >= 15 is 0 Å². The number of hydrogen-bond donors (Lipinski definition) is 0. The number of allylic oxidation sites excluding steroid dienone is 2. The van der Waals surface area contributed by atoms with E-state index in [9.17, 15) is 14.4 Å². The standard InChI is InChI=1S/C8H10O3/c1-6(10)3-4-8(5-9)7(2)11/h4-5H,3H2,1-2H3/b8-4-. The van der Waals surface area contributed by atoms with Crippen LogP contribution in [0.3, 0.4) is 0 Å². The summed E-state index contributed by atoms with van der Waals surface area (Å²) >= 11 is 0. The second-order valence-corrected chi connectivity index (χ2v) is 2.24. The average Bonchev–Trinajstić information content (AvgIpc) is 1.87. The Morgan fingerprint density at radius 3 is 2.09 bits per heavy atom. The molecule has 0 aliphatic rings. The zero-order chi connectivity index (χ0) is 8.85. The molecule has 3 nitrogen and oxygen atoms in total. The van der Waals surface area contributed by atoms with E-state index in [1.54, 1.807) is 0 Å². The van der Waals surface area contributed by atoms with Gasteiger partial charge in [-0.2, -0.15) is 0 Å². The fourth-order valence-corrected chi connectivity index (χ4v) is 0.529. The molecule has 60 valence electrons. The maximum Gasteiger partial charge on any atom is 0.162 e. The molecule has 0 rings (SSSR count). The number of carbonyl (C=O) groups is 3. The average molecular weight is 154 g/mol. The monoisotopic (exact) mass is 154 g/mol. The number of Topliss-reactive ketones (excluding diaryl/α,β-unsaturated/α-hetero) is 2. The fraction of sp³-hybridized carbons (Fsp3) is 0.375. The van der Waals surface area contributed by atoms with Crippen LogP contribution < -0.4 is 0 Å². The molecule has 0 aromatic carbocycles. The van der Waals surface area contributed by atoms with Gasteiger partial charge in [0.25, 0.3) is 0 Å². The zero-order valence-electron chi connectivity index (χ0n) is 6.59. The molecule has 0 heterocycles. The maximum absolute atomic E-state index is 10.6. The van der Waals surface area contributed by atoms with Crippen LogP contribution in [-0.2, 0) is 14.4 Å². The van der Waals surface area contributed by atoms with Crippen LogP contribution in [0.1, 0.15) is 20.3 Å². The highest BCUT2D eigenvalue weighted by Crippen LogP contribution is 1.94. The molecule has 0 radical (unpaired) electrons. The van der Waals surface area contributed by atoms with Crippen molar-refractivity contribution < 1.29 is 14.4 Å². The Balaban J connectivity index is 4.24. The first-order chi connectivity index (χ1) is 5.07. The second kappa shape index (κ2) is 4.55. The highest BCUT2D eigenvalue weighted by atomic mass is 16.1. The van der Waals surface area contributed by atoms with Gasteiger partial charge in [-0.1, -0.05) is 6.08 Å². The van der Waals surface area contributed by atoms with E-state index in [-0.39, 0.29) is 23.6 Å². The lowest BCUT2D eigenvalue weighted by Crippen LogP contribution is -1.98. The van der Waals surface area contributed by atoms with Gasteiger partial charge in [-0.25, -0.2) is 0 Å². The smallest absolute Gasteiger partial charge is 0.162 e. The highest BCUT2D eigenvalue weighted by Gasteiger charge is 2.00. The maximum atomic E-state index is 10.6. The molecule has 0 unspecified atom stereocenters. The van der Waals surface area contributed by atoms with Crippen molar-refractivity contribution in [3.63, 3.8) is 0 Å². The second-order valence-electron chi connectivity index (χ2n) is 2.24. The van der Waals surface area contributed by atoms with Gasteiger partial charge in [0.2, 0.25) is 0 Å². The molecule has 11 heavy (non-hydrogen) atoms. The summed E-state index contributed by atoms with van der Waals surface area (Å²) in [6.45, 7) is 2.69. The lowest BCUT2D eigenvalue weighted by Gasteiger charge is -1.89. The zero-order valence-corrected chi connectivity index (χ0v) is 6.59. The molecule has 0 spiro atoms. The molecule has 0 aromatic rings. The molecule has 0 saturated carbocycles. The van der Waals surface area contributed by atoms with Crippen molar-refractivity contribution in [2.24, 2.45) is 0 Å². The van der Waals surface area contributed by atoms with Gasteiger partial charge in [0.1, 0.15) is 5.78 Å². The topological polar surface area (TPSA) is 51.2 Å². The van der Waals surface area contributed by atoms with Crippen LogP contribution in [0.4, 0.5) is 0 Å². The number of hydrogen-bond acceptors (Lipinski definition) is 3. The van der Waals surface area contributed by atoms with Crippen LogP contribution >= 0.6 is 0 Å². The summed E-state index contributed by atoms with van der Waals surface area (Å²) in [5.74, 6) is -0.369. The normalized spacial score (nSPS) is 10.9. The first-order valence-corrected chi connectivity index (χ1v) is 3.23. The molecular weight excluding hydrogens is 144 g/mol. The van der Waals surface area contributed by atoms with Gasteiger partial charge in [0.05, 0.1) is 5.57 Å². The van der Waals surface area contributed by atoms with Gasteiger partial charge in [0, 0.05) is 6.42 Å². The lowest BCUT2D eigenvalue weighted by molar-refractivity contribution is -0.116. The molecule has 0 bridgehead atoms. The van der Waals surface area contributed by atoms with E-state index in [1.807, 2.05) is 0 Å². The molecule has 0 N–H and O–H groups in total. The van der Waals surface area contributed by atoms with Crippen molar-refractivity contribution in [2.75, 3.05) is 0 Å². The predicted octanol–water partition coefficient (Wildman–Crippen LogP) is 0.680. The summed E-state index contributed by atoms with van der Waals surface area (Å²) in [5, 5.41) is 0. The van der Waals surface area contributed by atoms with Crippen molar-refractivity contribution in [3.05, 3.63) is 11.6 Å². The first-order valence-electron chi connectivity index (χ1n) is 3.23. The molecule has 0 atom stereocenters. The molecule has 0 fully saturated rings. The fourth-order valence-electron chi connectivity index (χ4n) is 0.529. The van der Waals surface area contributed by atoms with Crippen molar-refractivity contribution in [1.82, 2.24) is 0 Å². The van der Waals surface area contributed by atoms with Gasteiger partial charge < -0.3 is 0 Å². The number of ketones is 2. The predicted molar refractivity (Wildman–Crippen MR) is 40.1 cm³/mol. The minimum atomic E-state index is -0.304. The van der Waals surface area contributed by atoms with Crippen molar-refractivity contribution in [2.45, 2.75) is 20.3 Å². The quantitative estimate of drug-likeness (QED) is 0.259. The van der Waals surface area contributed by atoms with E-state index in [2.05, 4.69) is 0 Å². The minimum absolute atomic E-state index is 0.0643. The SMILES string of the molecule is CC(=O)C/C=C(/C=O)C(C)=O. The summed E-state index contributed by atoms with van der Waals surface area (Å²) in [5.41, 5.74) is 0.0696. The van der Waals surface area contributed by atoms with Gasteiger partial charge >= 0.3 is 0 Å². The third kappa shape index (κ3) is 4.19. The van der Waals surface area contributed by atoms with E-state index in [1.165, 1.54) is 19.9 Å². The van der Waals surface area contributed by atoms with Gasteiger partial charge in [-0.05, 0) is 13.8 Å². The third-order valence-corrected chi connectivity index (χ3v) is 1.14. The van der Waals surface area contributed by atoms with E-state index in [4.69, 9.17) is 0 Å². The Kier molecular flexibility index (Phi) is 4.03. The summed E-state index contributed by atoms with van der Waals surface area (Å²) in [7, 11) is 0. The van der Waals surface area contributed by atoms with Crippen LogP contribution in [0.25, 0.3) is 0 Å². The Morgan fingerprint density at radius 1 is 1.27 bits per heavy atom. The highest BCUT2D eigenvalue weighted by molar-refractivity contribution is 6.10. The minimum Gasteiger partial charge on any atom is -0.300 e. The lowest BCUT2D eigenvalue weighted by atomic mass is 10.1. The molecule has 0 aliphatic heterocycles. The van der Waals surface area contributed by atoms with Crippen LogP contribution in [0, 0.1) is 0 Å². The number of rotatable bonds is 4. The Morgan fingerprint density at radius 2 is 1.82 bits per heavy atom. The van der Waals surface area contributed by atoms with Crippen LogP contribution in [0.5, 0.6) is 0 Å². The van der Waals surface area contributed by atoms with Crippen LogP contribution in [0.15, 0.2) is 11.6 Å². The van der Waals surface area contributed by atoms with Gasteiger partial charge in [-0.3, -0.25) is 14.4 Å². The van der Waals surface area contributed by atoms with Crippen LogP contribution in [0.2, 0.25) is 0 Å². The molecule has 0 aromatic heterocycles. The van der Waals surface area contributed by atoms with Crippen molar-refractivity contribution in [1.29, 1.82) is 0 Å². The van der Waals surface area contributed by atoms with Gasteiger partial charge in [0.15, 0.2) is 12.1 Å². The Hall–Kier alpha value is -1.25. The molecule has 3 heteroatoms. The summed E-state index contributed by atoms with van der Waals surface area (Å²) in [4.78, 5) is 31.2. The van der Waals surface area contributed by atoms with E-state index < -0.39 is 0 Å². The third-order valence-electron chi connectivity index (χ3n) is 1.14. The Bertz CT molecular complexity index is 213. The van der Waals surface area contributed by atoms with E-state index in [0.29, 0.717) is 6.29 Å². The largest absolute Gasteiger partial charge is 0.300 e. The molecule has 0 amide bonds. The summed E-state index contributed by atoms with van der Waals surface area (Å²) in [6.07, 6.45) is 1.95. The first kappa shape index (κ1) is 9.75. The molecule has 0 aliphatic carbocycles. The van der Waals surface area contributed by atoms with E-state index in [0.717, 1.165) is 0 Å². The Labute approximate surface area is 65.1 Å². The summed E-state index contributed by atoms with van der Waals surface area (Å²) in [6, 6.07) is 0. The van der Waals surface area contributed by atoms with Crippen molar-refractivity contribution in [3.8, 4) is 0 Å². The van der Waals surface area contributed by atoms with Crippen LogP contribution in [-0.4, -0.2) is 17.9 Å².